The first kappa shape index (κ1) is 16.0. The molecule has 1 unspecified atom stereocenters. The second kappa shape index (κ2) is 8.83. The van der Waals surface area contributed by atoms with Crippen LogP contribution in [0.5, 0.6) is 0 Å². The van der Waals surface area contributed by atoms with Gasteiger partial charge in [0, 0.05) is 11.6 Å². The summed E-state index contributed by atoms with van der Waals surface area (Å²) in [6.45, 7) is 4.58. The fourth-order valence-electron chi connectivity index (χ4n) is 2.13. The van der Waals surface area contributed by atoms with Crippen molar-refractivity contribution in [3.63, 3.8) is 0 Å². The van der Waals surface area contributed by atoms with Crippen molar-refractivity contribution < 1.29 is 4.74 Å². The molecule has 1 N–H and O–H groups in total. The van der Waals surface area contributed by atoms with Crippen molar-refractivity contribution in [2.24, 2.45) is 0 Å². The fraction of sp³-hybridized carbons (Fsp3) is 0.333. The molecule has 2 nitrogen and oxygen atoms in total. The van der Waals surface area contributed by atoms with Gasteiger partial charge < -0.3 is 10.1 Å². The molecule has 0 fully saturated rings. The van der Waals surface area contributed by atoms with Crippen LogP contribution >= 0.6 is 11.6 Å². The summed E-state index contributed by atoms with van der Waals surface area (Å²) in [5.74, 6) is 0. The van der Waals surface area contributed by atoms with Gasteiger partial charge in [-0.1, -0.05) is 61.0 Å². The van der Waals surface area contributed by atoms with E-state index in [2.05, 4.69) is 24.4 Å². The number of rotatable bonds is 8. The van der Waals surface area contributed by atoms with Crippen LogP contribution in [-0.2, 0) is 11.3 Å². The van der Waals surface area contributed by atoms with Crippen LogP contribution in [0.3, 0.4) is 0 Å². The van der Waals surface area contributed by atoms with Gasteiger partial charge in [-0.25, -0.2) is 0 Å². The predicted molar refractivity (Wildman–Crippen MR) is 88.6 cm³/mol. The largest absolute Gasteiger partial charge is 0.368 e. The number of hydrogen-bond acceptors (Lipinski definition) is 2. The predicted octanol–water partition coefficient (Wildman–Crippen LogP) is 4.60. The lowest BCUT2D eigenvalue weighted by Crippen LogP contribution is -2.24. The average molecular weight is 304 g/mol. The third-order valence-corrected chi connectivity index (χ3v) is 3.54. The van der Waals surface area contributed by atoms with Crippen LogP contribution in [0, 0.1) is 0 Å². The van der Waals surface area contributed by atoms with Crippen LogP contribution in [0.25, 0.3) is 0 Å². The summed E-state index contributed by atoms with van der Waals surface area (Å²) in [6.07, 6.45) is 1.15. The topological polar surface area (TPSA) is 21.3 Å². The zero-order chi connectivity index (χ0) is 14.9. The highest BCUT2D eigenvalue weighted by Crippen LogP contribution is 2.21. The van der Waals surface area contributed by atoms with E-state index in [4.69, 9.17) is 16.3 Å². The van der Waals surface area contributed by atoms with Crippen molar-refractivity contribution in [1.82, 2.24) is 5.32 Å². The molecule has 1 atom stereocenters. The minimum Gasteiger partial charge on any atom is -0.368 e. The van der Waals surface area contributed by atoms with Gasteiger partial charge in [-0.3, -0.25) is 0 Å². The third kappa shape index (κ3) is 5.50. The van der Waals surface area contributed by atoms with Gasteiger partial charge in [0.1, 0.15) is 0 Å². The molecule has 0 aromatic heterocycles. The zero-order valence-electron chi connectivity index (χ0n) is 12.4. The molecule has 0 aliphatic carbocycles. The average Bonchev–Trinajstić information content (AvgIpc) is 2.53. The molecule has 2 rings (SSSR count). The minimum atomic E-state index is 0.0361. The van der Waals surface area contributed by atoms with E-state index < -0.39 is 0 Å². The van der Waals surface area contributed by atoms with E-state index in [0.29, 0.717) is 6.61 Å². The van der Waals surface area contributed by atoms with E-state index in [-0.39, 0.29) is 6.10 Å². The van der Waals surface area contributed by atoms with E-state index in [9.17, 15) is 0 Å². The summed E-state index contributed by atoms with van der Waals surface area (Å²) in [5.41, 5.74) is 2.34. The molecular weight excluding hydrogens is 282 g/mol. The Hall–Kier alpha value is -1.35. The van der Waals surface area contributed by atoms with Crippen molar-refractivity contribution >= 4 is 11.6 Å². The van der Waals surface area contributed by atoms with Gasteiger partial charge in [0.25, 0.3) is 0 Å². The molecule has 0 saturated carbocycles. The second-order valence-electron chi connectivity index (χ2n) is 5.04. The zero-order valence-corrected chi connectivity index (χ0v) is 13.1. The van der Waals surface area contributed by atoms with Crippen molar-refractivity contribution in [2.45, 2.75) is 26.1 Å². The number of benzene rings is 2. The van der Waals surface area contributed by atoms with Crippen molar-refractivity contribution in [3.05, 3.63) is 70.7 Å². The van der Waals surface area contributed by atoms with Crippen LogP contribution < -0.4 is 5.32 Å². The molecule has 0 saturated heterocycles. The van der Waals surface area contributed by atoms with E-state index in [1.54, 1.807) is 0 Å². The van der Waals surface area contributed by atoms with Gasteiger partial charge in [-0.15, -0.1) is 0 Å². The van der Waals surface area contributed by atoms with Crippen LogP contribution in [0.2, 0.25) is 5.02 Å². The van der Waals surface area contributed by atoms with Crippen molar-refractivity contribution in [2.75, 3.05) is 13.1 Å². The van der Waals surface area contributed by atoms with Gasteiger partial charge in [0.2, 0.25) is 0 Å². The van der Waals surface area contributed by atoms with Gasteiger partial charge >= 0.3 is 0 Å². The lowest BCUT2D eigenvalue weighted by molar-refractivity contribution is 0.0399. The maximum Gasteiger partial charge on any atom is 0.0953 e. The molecule has 0 radical (unpaired) electrons. The highest BCUT2D eigenvalue weighted by atomic mass is 35.5. The SMILES string of the molecule is CCCNCC(OCc1ccccc1)c1ccc(Cl)cc1. The molecule has 0 aliphatic heterocycles. The lowest BCUT2D eigenvalue weighted by atomic mass is 10.1. The number of ether oxygens (including phenoxy) is 1. The maximum atomic E-state index is 6.10. The van der Waals surface area contributed by atoms with E-state index in [1.165, 1.54) is 5.56 Å². The Labute approximate surface area is 132 Å². The smallest absolute Gasteiger partial charge is 0.0953 e. The third-order valence-electron chi connectivity index (χ3n) is 3.29. The maximum absolute atomic E-state index is 6.10. The van der Waals surface area contributed by atoms with Crippen LogP contribution in [0.4, 0.5) is 0 Å². The Morgan fingerprint density at radius 2 is 1.76 bits per heavy atom. The van der Waals surface area contributed by atoms with Crippen molar-refractivity contribution in [1.29, 1.82) is 0 Å². The normalized spacial score (nSPS) is 12.3. The number of halogens is 1. The number of hydrogen-bond donors (Lipinski definition) is 1. The van der Waals surface area contributed by atoms with E-state index in [0.717, 1.165) is 30.1 Å². The summed E-state index contributed by atoms with van der Waals surface area (Å²) in [7, 11) is 0. The minimum absolute atomic E-state index is 0.0361. The standard InChI is InChI=1S/C18H22ClNO/c1-2-12-20-13-18(16-8-10-17(19)11-9-16)21-14-15-6-4-3-5-7-15/h3-11,18,20H,2,12-14H2,1H3. The molecular formula is C18H22ClNO. The molecule has 3 heteroatoms. The van der Waals surface area contributed by atoms with Gasteiger partial charge in [0.15, 0.2) is 0 Å². The Balaban J connectivity index is 1.99. The molecule has 0 heterocycles. The number of nitrogens with one attached hydrogen (secondary N) is 1. The van der Waals surface area contributed by atoms with Crippen LogP contribution in [0.1, 0.15) is 30.6 Å². The Morgan fingerprint density at radius 3 is 2.43 bits per heavy atom. The summed E-state index contributed by atoms with van der Waals surface area (Å²) < 4.78 is 6.10. The van der Waals surface area contributed by atoms with Gasteiger partial charge in [0.05, 0.1) is 12.7 Å². The summed E-state index contributed by atoms with van der Waals surface area (Å²) in [4.78, 5) is 0. The molecule has 0 aliphatic rings. The molecule has 112 valence electrons. The lowest BCUT2D eigenvalue weighted by Gasteiger charge is -2.19. The molecule has 0 amide bonds. The molecule has 0 bridgehead atoms. The monoisotopic (exact) mass is 303 g/mol. The van der Waals surface area contributed by atoms with E-state index >= 15 is 0 Å². The molecule has 2 aromatic rings. The fourth-order valence-corrected chi connectivity index (χ4v) is 2.26. The summed E-state index contributed by atoms with van der Waals surface area (Å²) >= 11 is 5.96. The van der Waals surface area contributed by atoms with Gasteiger partial charge in [-0.2, -0.15) is 0 Å². The highest BCUT2D eigenvalue weighted by molar-refractivity contribution is 6.30. The first-order valence-electron chi connectivity index (χ1n) is 7.41. The van der Waals surface area contributed by atoms with Crippen molar-refractivity contribution in [3.8, 4) is 0 Å². The van der Waals surface area contributed by atoms with Crippen LogP contribution in [0.15, 0.2) is 54.6 Å². The summed E-state index contributed by atoms with van der Waals surface area (Å²) in [5, 5.41) is 4.18. The Morgan fingerprint density at radius 1 is 1.05 bits per heavy atom. The summed E-state index contributed by atoms with van der Waals surface area (Å²) in [6, 6.07) is 18.1. The first-order chi connectivity index (χ1) is 10.3. The van der Waals surface area contributed by atoms with Gasteiger partial charge in [-0.05, 0) is 36.2 Å². The molecule has 21 heavy (non-hydrogen) atoms. The quantitative estimate of drug-likeness (QED) is 0.720. The second-order valence-corrected chi connectivity index (χ2v) is 5.48. The Kier molecular flexibility index (Phi) is 6.74. The Bertz CT molecular complexity index is 513. The molecule has 0 spiro atoms. The molecule has 2 aromatic carbocycles. The first-order valence-corrected chi connectivity index (χ1v) is 7.79. The highest BCUT2D eigenvalue weighted by Gasteiger charge is 2.11. The van der Waals surface area contributed by atoms with E-state index in [1.807, 2.05) is 42.5 Å². The van der Waals surface area contributed by atoms with Crippen LogP contribution in [-0.4, -0.2) is 13.1 Å².